The van der Waals surface area contributed by atoms with E-state index in [0.29, 0.717) is 0 Å². The summed E-state index contributed by atoms with van der Waals surface area (Å²) in [7, 11) is 0. The van der Waals surface area contributed by atoms with Crippen molar-refractivity contribution in [1.29, 1.82) is 0 Å². The highest BCUT2D eigenvalue weighted by Crippen LogP contribution is 2.53. The van der Waals surface area contributed by atoms with Crippen molar-refractivity contribution < 1.29 is 4.42 Å². The normalized spacial score (nSPS) is 14.3. The van der Waals surface area contributed by atoms with Crippen molar-refractivity contribution >= 4 is 49.8 Å². The van der Waals surface area contributed by atoms with E-state index in [9.17, 15) is 0 Å². The van der Waals surface area contributed by atoms with Crippen molar-refractivity contribution in [2.75, 3.05) is 4.90 Å². The molecule has 0 aliphatic heterocycles. The summed E-state index contributed by atoms with van der Waals surface area (Å²) in [6, 6.07) is 69.3. The van der Waals surface area contributed by atoms with Crippen LogP contribution < -0.4 is 4.90 Å². The van der Waals surface area contributed by atoms with Gasteiger partial charge in [-0.15, -0.1) is 0 Å². The predicted molar refractivity (Wildman–Crippen MR) is 252 cm³/mol. The molecule has 0 saturated heterocycles. The second-order valence-electron chi connectivity index (χ2n) is 17.7. The molecule has 0 atom stereocenters. The molecule has 0 bridgehead atoms. The van der Waals surface area contributed by atoms with Crippen LogP contribution >= 0.6 is 0 Å². The number of hydrogen-bond donors (Lipinski definition) is 0. The Bertz CT molecular complexity index is 3260. The molecule has 12 rings (SSSR count). The van der Waals surface area contributed by atoms with Gasteiger partial charge in [-0.25, -0.2) is 0 Å². The Morgan fingerprint density at radius 3 is 1.48 bits per heavy atom. The van der Waals surface area contributed by atoms with Crippen LogP contribution in [0, 0.1) is 0 Å². The Kier molecular flexibility index (Phi) is 7.36. The first-order valence-corrected chi connectivity index (χ1v) is 21.1. The van der Waals surface area contributed by atoms with E-state index in [0.717, 1.165) is 50.0 Å². The number of fused-ring (bicyclic) bond motifs is 11. The fraction of sp³-hybridized carbons (Fsp3) is 0.103. The topological polar surface area (TPSA) is 16.4 Å². The summed E-state index contributed by atoms with van der Waals surface area (Å²) in [6.45, 7) is 9.45. The minimum atomic E-state index is -0.112. The lowest BCUT2D eigenvalue weighted by molar-refractivity contribution is 0.660. The molecule has 0 radical (unpaired) electrons. The molecule has 60 heavy (non-hydrogen) atoms. The van der Waals surface area contributed by atoms with Gasteiger partial charge in [0.15, 0.2) is 0 Å². The molecule has 2 heteroatoms. The fourth-order valence-corrected chi connectivity index (χ4v) is 10.5. The average molecular weight is 770 g/mol. The van der Waals surface area contributed by atoms with Gasteiger partial charge in [0, 0.05) is 44.1 Å². The highest BCUT2D eigenvalue weighted by Gasteiger charge is 2.37. The lowest BCUT2D eigenvalue weighted by atomic mass is 9.82. The predicted octanol–water partition coefficient (Wildman–Crippen LogP) is 16.2. The van der Waals surface area contributed by atoms with Gasteiger partial charge in [0.1, 0.15) is 11.2 Å². The van der Waals surface area contributed by atoms with Gasteiger partial charge in [-0.3, -0.25) is 0 Å². The molecule has 2 aliphatic carbocycles. The van der Waals surface area contributed by atoms with Crippen molar-refractivity contribution in [3.63, 3.8) is 0 Å². The van der Waals surface area contributed by atoms with E-state index in [1.54, 1.807) is 0 Å². The van der Waals surface area contributed by atoms with E-state index in [2.05, 4.69) is 221 Å². The SMILES string of the molecule is CC1(C)c2ccccc2-c2ccc(N(c3ccc(-c4cc5c6ccc(-c7ccccc7)cc6oc5c5ccccc45)cc3)c3ccc4c(c3)C(C)(C)c3ccccc3-4)cc21. The molecule has 10 aromatic rings. The molecule has 0 N–H and O–H groups in total. The molecule has 0 fully saturated rings. The Hall–Kier alpha value is -7.16. The molecule has 9 aromatic carbocycles. The van der Waals surface area contributed by atoms with E-state index < -0.39 is 0 Å². The molecular weight excluding hydrogens is 727 g/mol. The van der Waals surface area contributed by atoms with Crippen LogP contribution in [0.3, 0.4) is 0 Å². The number of anilines is 3. The maximum Gasteiger partial charge on any atom is 0.143 e. The van der Waals surface area contributed by atoms with Gasteiger partial charge in [-0.05, 0) is 127 Å². The van der Waals surface area contributed by atoms with E-state index in [1.165, 1.54) is 66.6 Å². The largest absolute Gasteiger partial charge is 0.455 e. The van der Waals surface area contributed by atoms with Gasteiger partial charge in [-0.1, -0.05) is 161 Å². The summed E-state index contributed by atoms with van der Waals surface area (Å²) in [6.07, 6.45) is 0. The fourth-order valence-electron chi connectivity index (χ4n) is 10.5. The second-order valence-corrected chi connectivity index (χ2v) is 17.7. The summed E-state index contributed by atoms with van der Waals surface area (Å²) in [5.74, 6) is 0. The van der Waals surface area contributed by atoms with Crippen LogP contribution in [0.1, 0.15) is 49.9 Å². The lowest BCUT2D eigenvalue weighted by Crippen LogP contribution is -2.18. The van der Waals surface area contributed by atoms with E-state index in [1.807, 2.05) is 0 Å². The molecule has 0 spiro atoms. The lowest BCUT2D eigenvalue weighted by Gasteiger charge is -2.30. The number of benzene rings is 9. The molecule has 1 aromatic heterocycles. The minimum Gasteiger partial charge on any atom is -0.455 e. The third kappa shape index (κ3) is 5.01. The van der Waals surface area contributed by atoms with Crippen LogP contribution in [0.25, 0.3) is 77.2 Å². The maximum atomic E-state index is 6.69. The first-order chi connectivity index (χ1) is 29.3. The molecule has 0 amide bonds. The Balaban J connectivity index is 1.01. The number of rotatable bonds is 5. The van der Waals surface area contributed by atoms with Crippen LogP contribution in [0.15, 0.2) is 192 Å². The zero-order chi connectivity index (χ0) is 40.3. The summed E-state index contributed by atoms with van der Waals surface area (Å²) < 4.78 is 6.69. The van der Waals surface area contributed by atoms with Crippen LogP contribution in [0.5, 0.6) is 0 Å². The monoisotopic (exact) mass is 769 g/mol. The average Bonchev–Trinajstić information content (AvgIpc) is 3.86. The molecule has 0 unspecified atom stereocenters. The minimum absolute atomic E-state index is 0.112. The van der Waals surface area contributed by atoms with Crippen molar-refractivity contribution in [3.8, 4) is 44.5 Å². The van der Waals surface area contributed by atoms with Gasteiger partial charge in [0.05, 0.1) is 0 Å². The third-order valence-electron chi connectivity index (χ3n) is 13.7. The van der Waals surface area contributed by atoms with E-state index >= 15 is 0 Å². The molecule has 2 aliphatic rings. The summed E-state index contributed by atoms with van der Waals surface area (Å²) in [4.78, 5) is 2.46. The standard InChI is InChI=1S/C58H43NO/c1-57(2)51-20-12-10-17-43(51)45-30-27-40(33-53(45)57)59(41-28-31-46-44-18-11-13-21-52(44)58(3,4)54(46)34-41)39-25-22-37(23-26-39)49-35-50-47-29-24-38(36-14-6-5-7-15-36)32-55(47)60-56(50)48-19-9-8-16-42(48)49/h5-35H,1-4H3. The third-order valence-corrected chi connectivity index (χ3v) is 13.7. The van der Waals surface area contributed by atoms with Gasteiger partial charge in [-0.2, -0.15) is 0 Å². The maximum absolute atomic E-state index is 6.69. The van der Waals surface area contributed by atoms with Gasteiger partial charge >= 0.3 is 0 Å². The van der Waals surface area contributed by atoms with Crippen LogP contribution in [-0.2, 0) is 10.8 Å². The van der Waals surface area contributed by atoms with E-state index in [-0.39, 0.29) is 10.8 Å². The molecular formula is C58H43NO. The van der Waals surface area contributed by atoms with Gasteiger partial charge in [0.25, 0.3) is 0 Å². The summed E-state index contributed by atoms with van der Waals surface area (Å²) >= 11 is 0. The Labute approximate surface area is 351 Å². The smallest absolute Gasteiger partial charge is 0.143 e. The van der Waals surface area contributed by atoms with Gasteiger partial charge in [0.2, 0.25) is 0 Å². The number of furan rings is 1. The molecule has 0 saturated carbocycles. The molecule has 1 heterocycles. The second kappa shape index (κ2) is 12.7. The molecule has 286 valence electrons. The first kappa shape index (κ1) is 34.8. The zero-order valence-corrected chi connectivity index (χ0v) is 34.3. The highest BCUT2D eigenvalue weighted by atomic mass is 16.3. The van der Waals surface area contributed by atoms with Gasteiger partial charge < -0.3 is 9.32 Å². The van der Waals surface area contributed by atoms with Crippen LogP contribution in [0.4, 0.5) is 17.1 Å². The summed E-state index contributed by atoms with van der Waals surface area (Å²) in [5.41, 5.74) is 20.6. The first-order valence-electron chi connectivity index (χ1n) is 21.1. The Morgan fingerprint density at radius 2 is 0.850 bits per heavy atom. The van der Waals surface area contributed by atoms with Crippen molar-refractivity contribution in [3.05, 3.63) is 210 Å². The number of nitrogens with zero attached hydrogens (tertiary/aromatic N) is 1. The zero-order valence-electron chi connectivity index (χ0n) is 34.3. The summed E-state index contributed by atoms with van der Waals surface area (Å²) in [5, 5.41) is 4.56. The van der Waals surface area contributed by atoms with Crippen molar-refractivity contribution in [2.24, 2.45) is 0 Å². The van der Waals surface area contributed by atoms with E-state index in [4.69, 9.17) is 4.42 Å². The number of hydrogen-bond acceptors (Lipinski definition) is 2. The van der Waals surface area contributed by atoms with Crippen LogP contribution in [-0.4, -0.2) is 0 Å². The Morgan fingerprint density at radius 1 is 0.333 bits per heavy atom. The van der Waals surface area contributed by atoms with Crippen LogP contribution in [0.2, 0.25) is 0 Å². The van der Waals surface area contributed by atoms with Crippen molar-refractivity contribution in [2.45, 2.75) is 38.5 Å². The molecule has 2 nitrogen and oxygen atoms in total. The highest BCUT2D eigenvalue weighted by molar-refractivity contribution is 6.19. The quantitative estimate of drug-likeness (QED) is 0.173. The van der Waals surface area contributed by atoms with Crippen molar-refractivity contribution in [1.82, 2.24) is 0 Å².